The molecular formula is C15H20N2O3S. The first-order valence-electron chi connectivity index (χ1n) is 6.93. The molecule has 0 bridgehead atoms. The first-order chi connectivity index (χ1) is 10.1. The second kappa shape index (κ2) is 6.85. The number of rotatable bonds is 5. The molecule has 0 radical (unpaired) electrons. The molecule has 1 fully saturated rings. The molecule has 1 aromatic carbocycles. The van der Waals surface area contributed by atoms with Gasteiger partial charge in [0.15, 0.2) is 0 Å². The second-order valence-electron chi connectivity index (χ2n) is 4.81. The first-order valence-corrected chi connectivity index (χ1v) is 7.97. The van der Waals surface area contributed by atoms with Crippen molar-refractivity contribution in [2.45, 2.75) is 25.3 Å². The number of hydrogen-bond acceptors (Lipinski definition) is 4. The number of carbonyl (C=O) groups excluding carboxylic acids is 2. The third kappa shape index (κ3) is 3.32. The normalized spacial score (nSPS) is 19.5. The molecule has 0 aromatic heterocycles. The number of carbonyl (C=O) groups is 2. The van der Waals surface area contributed by atoms with E-state index in [9.17, 15) is 9.59 Å². The molecule has 0 aliphatic carbocycles. The molecule has 1 heterocycles. The lowest BCUT2D eigenvalue weighted by atomic mass is 10.1. The standard InChI is InChI=1S/C15H20N2O3S/c1-4-16-14(19)10(2)17-13(18)9-21-15(17)11-5-7-12(20-3)8-6-11/h5-8,10,15H,4,9H2,1-3H3,(H,16,19)/t10-,15-/m1/s1. The van der Waals surface area contributed by atoms with Crippen molar-refractivity contribution in [1.29, 1.82) is 0 Å². The molecule has 1 aliphatic heterocycles. The molecule has 6 heteroatoms. The number of likely N-dealkylation sites (N-methyl/N-ethyl adjacent to an activating group) is 1. The quantitative estimate of drug-likeness (QED) is 0.901. The van der Waals surface area contributed by atoms with E-state index in [1.165, 1.54) is 0 Å². The predicted octanol–water partition coefficient (Wildman–Crippen LogP) is 1.79. The van der Waals surface area contributed by atoms with Crippen LogP contribution in [0.15, 0.2) is 24.3 Å². The van der Waals surface area contributed by atoms with Crippen molar-refractivity contribution < 1.29 is 14.3 Å². The van der Waals surface area contributed by atoms with Gasteiger partial charge >= 0.3 is 0 Å². The van der Waals surface area contributed by atoms with E-state index in [0.29, 0.717) is 12.3 Å². The average molecular weight is 308 g/mol. The molecule has 2 rings (SSSR count). The van der Waals surface area contributed by atoms with Crippen molar-refractivity contribution in [3.05, 3.63) is 29.8 Å². The highest BCUT2D eigenvalue weighted by atomic mass is 32.2. The molecule has 0 spiro atoms. The minimum absolute atomic E-state index is 0.000397. The average Bonchev–Trinajstić information content (AvgIpc) is 2.88. The van der Waals surface area contributed by atoms with Gasteiger partial charge in [0.05, 0.1) is 12.9 Å². The summed E-state index contributed by atoms with van der Waals surface area (Å²) in [6.07, 6.45) is 0. The van der Waals surface area contributed by atoms with Crippen LogP contribution in [0.4, 0.5) is 0 Å². The van der Waals surface area contributed by atoms with Crippen molar-refractivity contribution in [1.82, 2.24) is 10.2 Å². The highest BCUT2D eigenvalue weighted by Crippen LogP contribution is 2.40. The Balaban J connectivity index is 2.21. The van der Waals surface area contributed by atoms with E-state index in [4.69, 9.17) is 4.74 Å². The molecule has 21 heavy (non-hydrogen) atoms. The fourth-order valence-electron chi connectivity index (χ4n) is 2.33. The number of ether oxygens (including phenoxy) is 1. The number of thioether (sulfide) groups is 1. The maximum absolute atomic E-state index is 12.1. The van der Waals surface area contributed by atoms with E-state index in [1.54, 1.807) is 30.7 Å². The van der Waals surface area contributed by atoms with Gasteiger partial charge in [0, 0.05) is 6.54 Å². The molecule has 2 atom stereocenters. The lowest BCUT2D eigenvalue weighted by molar-refractivity contribution is -0.137. The predicted molar refractivity (Wildman–Crippen MR) is 83.2 cm³/mol. The molecule has 2 amide bonds. The van der Waals surface area contributed by atoms with Crippen LogP contribution in [0.2, 0.25) is 0 Å². The molecule has 5 nitrogen and oxygen atoms in total. The maximum atomic E-state index is 12.1. The van der Waals surface area contributed by atoms with Gasteiger partial charge in [0.25, 0.3) is 0 Å². The highest BCUT2D eigenvalue weighted by molar-refractivity contribution is 8.00. The molecule has 1 saturated heterocycles. The minimum atomic E-state index is -0.473. The Morgan fingerprint density at radius 3 is 2.71 bits per heavy atom. The topological polar surface area (TPSA) is 58.6 Å². The summed E-state index contributed by atoms with van der Waals surface area (Å²) in [7, 11) is 1.62. The van der Waals surface area contributed by atoms with Crippen molar-refractivity contribution in [2.24, 2.45) is 0 Å². The minimum Gasteiger partial charge on any atom is -0.497 e. The van der Waals surface area contributed by atoms with Gasteiger partial charge in [-0.3, -0.25) is 9.59 Å². The van der Waals surface area contributed by atoms with Crippen LogP contribution in [0.5, 0.6) is 5.75 Å². The van der Waals surface area contributed by atoms with Crippen LogP contribution < -0.4 is 10.1 Å². The molecular weight excluding hydrogens is 288 g/mol. The molecule has 0 unspecified atom stereocenters. The third-order valence-corrected chi connectivity index (χ3v) is 4.68. The Morgan fingerprint density at radius 1 is 1.48 bits per heavy atom. The van der Waals surface area contributed by atoms with Gasteiger partial charge in [-0.05, 0) is 31.5 Å². The summed E-state index contributed by atoms with van der Waals surface area (Å²) in [5, 5.41) is 2.65. The summed E-state index contributed by atoms with van der Waals surface area (Å²) in [5.41, 5.74) is 1.00. The van der Waals surface area contributed by atoms with Gasteiger partial charge in [-0.1, -0.05) is 12.1 Å². The SMILES string of the molecule is CCNC(=O)[C@@H](C)N1C(=O)CS[C@@H]1c1ccc(OC)cc1. The first kappa shape index (κ1) is 15.7. The van der Waals surface area contributed by atoms with Gasteiger partial charge in [-0.15, -0.1) is 11.8 Å². The summed E-state index contributed by atoms with van der Waals surface area (Å²) in [6.45, 7) is 4.20. The zero-order chi connectivity index (χ0) is 15.4. The zero-order valence-corrected chi connectivity index (χ0v) is 13.3. The molecule has 1 N–H and O–H groups in total. The number of hydrogen-bond donors (Lipinski definition) is 1. The Kier molecular flexibility index (Phi) is 5.12. The summed E-state index contributed by atoms with van der Waals surface area (Å²) in [5.74, 6) is 1.06. The summed E-state index contributed by atoms with van der Waals surface area (Å²) in [6, 6.07) is 7.14. The highest BCUT2D eigenvalue weighted by Gasteiger charge is 2.38. The Bertz CT molecular complexity index is 518. The van der Waals surface area contributed by atoms with Crippen molar-refractivity contribution in [3.8, 4) is 5.75 Å². The van der Waals surface area contributed by atoms with Crippen molar-refractivity contribution >= 4 is 23.6 Å². The number of nitrogens with one attached hydrogen (secondary N) is 1. The lowest BCUT2D eigenvalue weighted by Crippen LogP contribution is -2.46. The summed E-state index contributed by atoms with van der Waals surface area (Å²) >= 11 is 1.54. The van der Waals surface area contributed by atoms with E-state index in [-0.39, 0.29) is 17.2 Å². The van der Waals surface area contributed by atoms with Crippen LogP contribution in [0.1, 0.15) is 24.8 Å². The van der Waals surface area contributed by atoms with Crippen LogP contribution in [0.3, 0.4) is 0 Å². The fraction of sp³-hybridized carbons (Fsp3) is 0.467. The third-order valence-electron chi connectivity index (χ3n) is 3.45. The molecule has 114 valence electrons. The number of methoxy groups -OCH3 is 1. The number of benzene rings is 1. The van der Waals surface area contributed by atoms with Crippen LogP contribution in [0.25, 0.3) is 0 Å². The largest absolute Gasteiger partial charge is 0.497 e. The number of amides is 2. The van der Waals surface area contributed by atoms with Crippen molar-refractivity contribution in [3.63, 3.8) is 0 Å². The fourth-order valence-corrected chi connectivity index (χ4v) is 3.59. The van der Waals surface area contributed by atoms with E-state index in [1.807, 2.05) is 31.2 Å². The maximum Gasteiger partial charge on any atom is 0.242 e. The van der Waals surface area contributed by atoms with Gasteiger partial charge in [0.2, 0.25) is 11.8 Å². The summed E-state index contributed by atoms with van der Waals surface area (Å²) in [4.78, 5) is 25.8. The van der Waals surface area contributed by atoms with Gasteiger partial charge in [0.1, 0.15) is 17.2 Å². The van der Waals surface area contributed by atoms with Gasteiger partial charge < -0.3 is 15.0 Å². The Hall–Kier alpha value is -1.69. The lowest BCUT2D eigenvalue weighted by Gasteiger charge is -2.29. The van der Waals surface area contributed by atoms with Gasteiger partial charge in [-0.25, -0.2) is 0 Å². The van der Waals surface area contributed by atoms with Crippen molar-refractivity contribution in [2.75, 3.05) is 19.4 Å². The van der Waals surface area contributed by atoms with Crippen LogP contribution in [0, 0.1) is 0 Å². The second-order valence-corrected chi connectivity index (χ2v) is 5.88. The molecule has 1 aromatic rings. The number of nitrogens with zero attached hydrogens (tertiary/aromatic N) is 1. The monoisotopic (exact) mass is 308 g/mol. The Labute approximate surface area is 129 Å². The molecule has 1 aliphatic rings. The van der Waals surface area contributed by atoms with Crippen LogP contribution >= 0.6 is 11.8 Å². The van der Waals surface area contributed by atoms with E-state index < -0.39 is 6.04 Å². The zero-order valence-electron chi connectivity index (χ0n) is 12.5. The molecule has 0 saturated carbocycles. The Morgan fingerprint density at radius 2 is 2.14 bits per heavy atom. The van der Waals surface area contributed by atoms with E-state index in [2.05, 4.69) is 5.32 Å². The van der Waals surface area contributed by atoms with E-state index >= 15 is 0 Å². The van der Waals surface area contributed by atoms with Gasteiger partial charge in [-0.2, -0.15) is 0 Å². The van der Waals surface area contributed by atoms with E-state index in [0.717, 1.165) is 11.3 Å². The summed E-state index contributed by atoms with van der Waals surface area (Å²) < 4.78 is 5.15. The smallest absolute Gasteiger partial charge is 0.242 e. The van der Waals surface area contributed by atoms with Crippen LogP contribution in [-0.2, 0) is 9.59 Å². The van der Waals surface area contributed by atoms with Crippen LogP contribution in [-0.4, -0.2) is 42.2 Å².